The lowest BCUT2D eigenvalue weighted by Crippen LogP contribution is -2.26. The Kier molecular flexibility index (Phi) is 4.11. The zero-order valence-electron chi connectivity index (χ0n) is 7.61. The third-order valence-electron chi connectivity index (χ3n) is 1.37. The second-order valence-electron chi connectivity index (χ2n) is 3.50. The third kappa shape index (κ3) is 5.85. The zero-order valence-corrected chi connectivity index (χ0v) is 7.61. The van der Waals surface area contributed by atoms with E-state index in [0.717, 1.165) is 6.61 Å². The van der Waals surface area contributed by atoms with E-state index in [9.17, 15) is 0 Å². The van der Waals surface area contributed by atoms with Gasteiger partial charge < -0.3 is 10.5 Å². The molecule has 3 heteroatoms. The minimum Gasteiger partial charge on any atom is -0.388 e. The van der Waals surface area contributed by atoms with Crippen LogP contribution in [-0.2, 0) is 4.74 Å². The second kappa shape index (κ2) is 4.34. The van der Waals surface area contributed by atoms with Crippen LogP contribution in [0.1, 0.15) is 27.2 Å². The first-order chi connectivity index (χ1) is 4.98. The van der Waals surface area contributed by atoms with Crippen molar-refractivity contribution < 1.29 is 4.74 Å². The summed E-state index contributed by atoms with van der Waals surface area (Å²) >= 11 is 0. The van der Waals surface area contributed by atoms with Crippen LogP contribution in [0.5, 0.6) is 0 Å². The molecule has 0 radical (unpaired) electrons. The minimum atomic E-state index is 0.00183. The van der Waals surface area contributed by atoms with Gasteiger partial charge in [-0.2, -0.15) is 0 Å². The standard InChI is InChI=1S/C8H18N2O/c1-4-11-6-8(2,3)5-7(9)10/h4-6H2,1-3H3,(H3,9,10). The van der Waals surface area contributed by atoms with Gasteiger partial charge in [-0.05, 0) is 12.3 Å². The summed E-state index contributed by atoms with van der Waals surface area (Å²) in [5.74, 6) is 0.231. The zero-order chi connectivity index (χ0) is 8.91. The van der Waals surface area contributed by atoms with Crippen molar-refractivity contribution in [1.82, 2.24) is 0 Å². The largest absolute Gasteiger partial charge is 0.388 e. The molecule has 0 aromatic rings. The lowest BCUT2D eigenvalue weighted by atomic mass is 9.90. The van der Waals surface area contributed by atoms with Crippen LogP contribution in [0.3, 0.4) is 0 Å². The lowest BCUT2D eigenvalue weighted by molar-refractivity contribution is 0.0744. The number of ether oxygens (including phenoxy) is 1. The number of nitrogens with one attached hydrogen (secondary N) is 1. The molecular weight excluding hydrogens is 140 g/mol. The summed E-state index contributed by atoms with van der Waals surface area (Å²) in [4.78, 5) is 0. The molecule has 0 bridgehead atoms. The van der Waals surface area contributed by atoms with Gasteiger partial charge in [0.15, 0.2) is 0 Å². The third-order valence-corrected chi connectivity index (χ3v) is 1.37. The normalized spacial score (nSPS) is 11.5. The molecule has 0 aliphatic heterocycles. The van der Waals surface area contributed by atoms with Crippen molar-refractivity contribution in [3.63, 3.8) is 0 Å². The SMILES string of the molecule is CCOCC(C)(C)CC(=N)N. The van der Waals surface area contributed by atoms with E-state index < -0.39 is 0 Å². The van der Waals surface area contributed by atoms with Gasteiger partial charge in [0.2, 0.25) is 0 Å². The van der Waals surface area contributed by atoms with E-state index in [1.54, 1.807) is 0 Å². The van der Waals surface area contributed by atoms with Crippen LogP contribution in [-0.4, -0.2) is 19.0 Å². The average Bonchev–Trinajstić information content (AvgIpc) is 1.81. The van der Waals surface area contributed by atoms with E-state index in [4.69, 9.17) is 15.9 Å². The topological polar surface area (TPSA) is 59.1 Å². The van der Waals surface area contributed by atoms with Gasteiger partial charge in [-0.3, -0.25) is 5.41 Å². The quantitative estimate of drug-likeness (QED) is 0.469. The smallest absolute Gasteiger partial charge is 0.0911 e. The van der Waals surface area contributed by atoms with Crippen molar-refractivity contribution in [2.45, 2.75) is 27.2 Å². The maximum atomic E-state index is 7.11. The lowest BCUT2D eigenvalue weighted by Gasteiger charge is -2.22. The summed E-state index contributed by atoms with van der Waals surface area (Å²) in [6.45, 7) is 7.45. The molecule has 0 fully saturated rings. The molecule has 0 unspecified atom stereocenters. The fourth-order valence-corrected chi connectivity index (χ4v) is 0.945. The predicted molar refractivity (Wildman–Crippen MR) is 46.8 cm³/mol. The summed E-state index contributed by atoms with van der Waals surface area (Å²) < 4.78 is 5.25. The van der Waals surface area contributed by atoms with Crippen molar-refractivity contribution in [1.29, 1.82) is 5.41 Å². The van der Waals surface area contributed by atoms with Gasteiger partial charge in [0.25, 0.3) is 0 Å². The Labute approximate surface area is 68.4 Å². The van der Waals surface area contributed by atoms with Gasteiger partial charge in [0.05, 0.1) is 12.4 Å². The van der Waals surface area contributed by atoms with Crippen LogP contribution in [0.4, 0.5) is 0 Å². The van der Waals surface area contributed by atoms with E-state index in [2.05, 4.69) is 0 Å². The Morgan fingerprint density at radius 3 is 2.45 bits per heavy atom. The Bertz CT molecular complexity index is 132. The molecule has 0 rings (SSSR count). The number of hydrogen-bond acceptors (Lipinski definition) is 2. The number of nitrogens with two attached hydrogens (primary N) is 1. The van der Waals surface area contributed by atoms with Crippen LogP contribution >= 0.6 is 0 Å². The molecule has 3 nitrogen and oxygen atoms in total. The van der Waals surface area contributed by atoms with Crippen LogP contribution in [0.25, 0.3) is 0 Å². The monoisotopic (exact) mass is 158 g/mol. The molecule has 66 valence electrons. The van der Waals surface area contributed by atoms with E-state index in [-0.39, 0.29) is 11.3 Å². The molecule has 0 saturated heterocycles. The molecule has 0 atom stereocenters. The van der Waals surface area contributed by atoms with Gasteiger partial charge >= 0.3 is 0 Å². The molecular formula is C8H18N2O. The Morgan fingerprint density at radius 1 is 1.55 bits per heavy atom. The van der Waals surface area contributed by atoms with Gasteiger partial charge in [0.1, 0.15) is 0 Å². The fourth-order valence-electron chi connectivity index (χ4n) is 0.945. The highest BCUT2D eigenvalue weighted by Crippen LogP contribution is 2.19. The van der Waals surface area contributed by atoms with Crippen molar-refractivity contribution >= 4 is 5.84 Å². The summed E-state index contributed by atoms with van der Waals surface area (Å²) in [7, 11) is 0. The van der Waals surface area contributed by atoms with E-state index in [1.807, 2.05) is 20.8 Å². The van der Waals surface area contributed by atoms with E-state index >= 15 is 0 Å². The van der Waals surface area contributed by atoms with Crippen molar-refractivity contribution in [3.05, 3.63) is 0 Å². The van der Waals surface area contributed by atoms with Crippen LogP contribution in [0.15, 0.2) is 0 Å². The summed E-state index contributed by atoms with van der Waals surface area (Å²) in [6, 6.07) is 0. The Hall–Kier alpha value is -0.570. The van der Waals surface area contributed by atoms with Gasteiger partial charge in [-0.1, -0.05) is 13.8 Å². The number of amidine groups is 1. The molecule has 0 aromatic carbocycles. The van der Waals surface area contributed by atoms with Gasteiger partial charge in [-0.15, -0.1) is 0 Å². The Morgan fingerprint density at radius 2 is 2.09 bits per heavy atom. The highest BCUT2D eigenvalue weighted by atomic mass is 16.5. The Balaban J connectivity index is 3.70. The minimum absolute atomic E-state index is 0.00183. The molecule has 0 spiro atoms. The molecule has 3 N–H and O–H groups in total. The molecule has 0 heterocycles. The van der Waals surface area contributed by atoms with Crippen molar-refractivity contribution in [2.24, 2.45) is 11.1 Å². The molecule has 0 amide bonds. The first-order valence-corrected chi connectivity index (χ1v) is 3.88. The van der Waals surface area contributed by atoms with Crippen molar-refractivity contribution in [2.75, 3.05) is 13.2 Å². The molecule has 0 aliphatic carbocycles. The number of hydrogen-bond donors (Lipinski definition) is 2. The highest BCUT2D eigenvalue weighted by molar-refractivity contribution is 5.77. The number of rotatable bonds is 5. The molecule has 0 saturated carbocycles. The first-order valence-electron chi connectivity index (χ1n) is 3.88. The maximum Gasteiger partial charge on any atom is 0.0911 e. The molecule has 0 aromatic heterocycles. The van der Waals surface area contributed by atoms with Crippen LogP contribution < -0.4 is 5.73 Å². The van der Waals surface area contributed by atoms with Crippen molar-refractivity contribution in [3.8, 4) is 0 Å². The van der Waals surface area contributed by atoms with Crippen LogP contribution in [0.2, 0.25) is 0 Å². The molecule has 0 aliphatic rings. The maximum absolute atomic E-state index is 7.11. The fraction of sp³-hybridized carbons (Fsp3) is 0.875. The van der Waals surface area contributed by atoms with Gasteiger partial charge in [-0.25, -0.2) is 0 Å². The molecule has 11 heavy (non-hydrogen) atoms. The van der Waals surface area contributed by atoms with E-state index in [0.29, 0.717) is 13.0 Å². The predicted octanol–water partition coefficient (Wildman–Crippen LogP) is 1.38. The van der Waals surface area contributed by atoms with E-state index in [1.165, 1.54) is 0 Å². The highest BCUT2D eigenvalue weighted by Gasteiger charge is 2.18. The van der Waals surface area contributed by atoms with Gasteiger partial charge in [0, 0.05) is 13.0 Å². The first kappa shape index (κ1) is 10.4. The van der Waals surface area contributed by atoms with Crippen LogP contribution in [0, 0.1) is 10.8 Å². The summed E-state index contributed by atoms with van der Waals surface area (Å²) in [5, 5.41) is 7.11. The second-order valence-corrected chi connectivity index (χ2v) is 3.50. The summed E-state index contributed by atoms with van der Waals surface area (Å²) in [6.07, 6.45) is 0.604. The average molecular weight is 158 g/mol. The summed E-state index contributed by atoms with van der Waals surface area (Å²) in [5.41, 5.74) is 5.28.